The van der Waals surface area contributed by atoms with Gasteiger partial charge in [-0.25, -0.2) is 0 Å². The fraction of sp³-hybridized carbons (Fsp3) is 0.375. The molecule has 1 atom stereocenters. The first-order chi connectivity index (χ1) is 6.27. The van der Waals surface area contributed by atoms with Crippen LogP contribution in [0.5, 0.6) is 0 Å². The van der Waals surface area contributed by atoms with Crippen molar-refractivity contribution in [2.45, 2.75) is 19.4 Å². The van der Waals surface area contributed by atoms with Crippen molar-refractivity contribution in [3.63, 3.8) is 0 Å². The summed E-state index contributed by atoms with van der Waals surface area (Å²) in [5.41, 5.74) is 6.43. The van der Waals surface area contributed by atoms with Gasteiger partial charge in [0.05, 0.1) is 0 Å². The highest BCUT2D eigenvalue weighted by Gasteiger charge is 2.06. The van der Waals surface area contributed by atoms with E-state index in [0.29, 0.717) is 6.42 Å². The predicted molar refractivity (Wildman–Crippen MR) is 48.1 cm³/mol. The Balaban J connectivity index is 2.46. The molecule has 0 fully saturated rings. The molecule has 0 saturated heterocycles. The third-order valence-electron chi connectivity index (χ3n) is 1.75. The lowest BCUT2D eigenvalue weighted by atomic mass is 10.2. The molecule has 0 radical (unpaired) electrons. The zero-order valence-electron chi connectivity index (χ0n) is 7.38. The van der Waals surface area contributed by atoms with Crippen LogP contribution in [0.4, 0.5) is 0 Å². The van der Waals surface area contributed by atoms with E-state index in [9.17, 15) is 0 Å². The molecule has 0 aliphatic rings. The van der Waals surface area contributed by atoms with Crippen LogP contribution in [0.2, 0.25) is 0 Å². The second kappa shape index (κ2) is 3.10. The van der Waals surface area contributed by atoms with Crippen LogP contribution in [-0.2, 0) is 6.42 Å². The lowest BCUT2D eigenvalue weighted by molar-refractivity contribution is 0.677. The first-order valence-corrected chi connectivity index (χ1v) is 4.18. The lowest BCUT2D eigenvalue weighted by Crippen LogP contribution is -2.19. The number of aromatic nitrogens is 4. The average molecular weight is 177 g/mol. The molecular formula is C8H11N5. The summed E-state index contributed by atoms with van der Waals surface area (Å²) < 4.78 is 1.71. The average Bonchev–Trinajstić information content (AvgIpc) is 2.48. The van der Waals surface area contributed by atoms with Crippen LogP contribution in [0.3, 0.4) is 0 Å². The molecule has 68 valence electrons. The summed E-state index contributed by atoms with van der Waals surface area (Å²) in [6, 6.07) is 3.78. The van der Waals surface area contributed by atoms with Gasteiger partial charge in [0.15, 0.2) is 11.5 Å². The molecule has 5 heteroatoms. The molecule has 13 heavy (non-hydrogen) atoms. The summed E-state index contributed by atoms with van der Waals surface area (Å²) in [5.74, 6) is 0.811. The van der Waals surface area contributed by atoms with Gasteiger partial charge in [0.25, 0.3) is 0 Å². The topological polar surface area (TPSA) is 69.1 Å². The minimum atomic E-state index is 0.0782. The van der Waals surface area contributed by atoms with E-state index < -0.39 is 0 Å². The van der Waals surface area contributed by atoms with Crippen molar-refractivity contribution in [2.75, 3.05) is 0 Å². The van der Waals surface area contributed by atoms with Crippen LogP contribution in [0, 0.1) is 0 Å². The van der Waals surface area contributed by atoms with E-state index in [1.165, 1.54) is 0 Å². The molecule has 2 N–H and O–H groups in total. The lowest BCUT2D eigenvalue weighted by Gasteiger charge is -2.00. The molecule has 0 amide bonds. The fourth-order valence-corrected chi connectivity index (χ4v) is 1.21. The van der Waals surface area contributed by atoms with Crippen molar-refractivity contribution in [1.82, 2.24) is 19.8 Å². The summed E-state index contributed by atoms with van der Waals surface area (Å²) >= 11 is 0. The van der Waals surface area contributed by atoms with Gasteiger partial charge in [-0.1, -0.05) is 0 Å². The van der Waals surface area contributed by atoms with Gasteiger partial charge in [-0.15, -0.1) is 10.2 Å². The minimum absolute atomic E-state index is 0.0782. The van der Waals surface area contributed by atoms with E-state index in [1.54, 1.807) is 10.7 Å². The predicted octanol–water partition coefficient (Wildman–Crippen LogP) is 0.0140. The van der Waals surface area contributed by atoms with Gasteiger partial charge < -0.3 is 5.73 Å². The molecular weight excluding hydrogens is 166 g/mol. The summed E-state index contributed by atoms with van der Waals surface area (Å²) in [6.45, 7) is 1.93. The molecule has 1 unspecified atom stereocenters. The first-order valence-electron chi connectivity index (χ1n) is 4.18. The zero-order valence-corrected chi connectivity index (χ0v) is 7.38. The third kappa shape index (κ3) is 1.50. The molecule has 2 heterocycles. The van der Waals surface area contributed by atoms with Gasteiger partial charge in [-0.05, 0) is 19.1 Å². The van der Waals surface area contributed by atoms with Crippen LogP contribution in [-0.4, -0.2) is 25.9 Å². The van der Waals surface area contributed by atoms with E-state index >= 15 is 0 Å². The van der Waals surface area contributed by atoms with Gasteiger partial charge >= 0.3 is 0 Å². The summed E-state index contributed by atoms with van der Waals surface area (Å²) in [4.78, 5) is 0. The summed E-state index contributed by atoms with van der Waals surface area (Å²) in [5, 5.41) is 12.1. The van der Waals surface area contributed by atoms with Crippen molar-refractivity contribution in [1.29, 1.82) is 0 Å². The molecule has 0 aromatic carbocycles. The number of nitrogens with two attached hydrogens (primary N) is 1. The zero-order chi connectivity index (χ0) is 9.26. The normalized spacial score (nSPS) is 13.4. The van der Waals surface area contributed by atoms with Crippen molar-refractivity contribution in [2.24, 2.45) is 5.73 Å². The molecule has 2 rings (SSSR count). The van der Waals surface area contributed by atoms with Crippen molar-refractivity contribution < 1.29 is 0 Å². The molecule has 0 aliphatic carbocycles. The van der Waals surface area contributed by atoms with Crippen molar-refractivity contribution >= 4 is 5.65 Å². The minimum Gasteiger partial charge on any atom is -0.328 e. The van der Waals surface area contributed by atoms with Gasteiger partial charge in [0.2, 0.25) is 0 Å². The van der Waals surface area contributed by atoms with E-state index in [-0.39, 0.29) is 6.04 Å². The van der Waals surface area contributed by atoms with Crippen molar-refractivity contribution in [3.8, 4) is 0 Å². The molecule has 2 aromatic rings. The van der Waals surface area contributed by atoms with Gasteiger partial charge in [0, 0.05) is 18.7 Å². The van der Waals surface area contributed by atoms with E-state index in [1.807, 2.05) is 19.1 Å². The van der Waals surface area contributed by atoms with E-state index in [2.05, 4.69) is 15.3 Å². The van der Waals surface area contributed by atoms with Gasteiger partial charge in [-0.3, -0.25) is 0 Å². The molecule has 0 spiro atoms. The van der Waals surface area contributed by atoms with Crippen molar-refractivity contribution in [3.05, 3.63) is 24.2 Å². The monoisotopic (exact) mass is 177 g/mol. The number of rotatable bonds is 2. The Hall–Kier alpha value is -1.49. The Morgan fingerprint density at radius 3 is 3.15 bits per heavy atom. The second-order valence-electron chi connectivity index (χ2n) is 3.09. The van der Waals surface area contributed by atoms with Crippen LogP contribution in [0.1, 0.15) is 12.7 Å². The maximum absolute atomic E-state index is 5.67. The largest absolute Gasteiger partial charge is 0.328 e. The maximum atomic E-state index is 5.67. The van der Waals surface area contributed by atoms with Crippen LogP contribution in [0.15, 0.2) is 18.3 Å². The standard InChI is InChI=1S/C8H11N5/c1-6(9)5-8-12-11-7-3-2-4-10-13(7)8/h2-4,6H,5,9H2,1H3. The number of hydrogen-bond donors (Lipinski definition) is 1. The highest BCUT2D eigenvalue weighted by atomic mass is 15.4. The summed E-state index contributed by atoms with van der Waals surface area (Å²) in [6.07, 6.45) is 2.40. The number of nitrogens with zero attached hydrogens (tertiary/aromatic N) is 4. The Morgan fingerprint density at radius 2 is 2.38 bits per heavy atom. The fourth-order valence-electron chi connectivity index (χ4n) is 1.21. The Bertz CT molecular complexity index is 406. The molecule has 0 saturated carbocycles. The highest BCUT2D eigenvalue weighted by Crippen LogP contribution is 2.01. The summed E-state index contributed by atoms with van der Waals surface area (Å²) in [7, 11) is 0. The van der Waals surface area contributed by atoms with Gasteiger partial charge in [-0.2, -0.15) is 9.61 Å². The Kier molecular flexibility index (Phi) is 1.94. The van der Waals surface area contributed by atoms with E-state index in [0.717, 1.165) is 11.5 Å². The number of hydrogen-bond acceptors (Lipinski definition) is 4. The molecule has 0 aliphatic heterocycles. The van der Waals surface area contributed by atoms with Crippen LogP contribution >= 0.6 is 0 Å². The highest BCUT2D eigenvalue weighted by molar-refractivity contribution is 5.34. The maximum Gasteiger partial charge on any atom is 0.177 e. The first kappa shape index (κ1) is 8.12. The molecule has 5 nitrogen and oxygen atoms in total. The smallest absolute Gasteiger partial charge is 0.177 e. The van der Waals surface area contributed by atoms with Gasteiger partial charge in [0.1, 0.15) is 0 Å². The van der Waals surface area contributed by atoms with Crippen LogP contribution < -0.4 is 5.73 Å². The Labute approximate surface area is 75.6 Å². The second-order valence-corrected chi connectivity index (χ2v) is 3.09. The third-order valence-corrected chi connectivity index (χ3v) is 1.75. The number of fused-ring (bicyclic) bond motifs is 1. The quantitative estimate of drug-likeness (QED) is 0.701. The molecule has 2 aromatic heterocycles. The SMILES string of the molecule is CC(N)Cc1nnc2cccnn12. The molecule has 0 bridgehead atoms. The van der Waals surface area contributed by atoms with E-state index in [4.69, 9.17) is 5.73 Å². The van der Waals surface area contributed by atoms with Crippen LogP contribution in [0.25, 0.3) is 5.65 Å². The Morgan fingerprint density at radius 1 is 1.54 bits per heavy atom.